The van der Waals surface area contributed by atoms with Crippen molar-refractivity contribution in [2.24, 2.45) is 0 Å². The van der Waals surface area contributed by atoms with Crippen molar-refractivity contribution < 1.29 is 35.9 Å². The van der Waals surface area contributed by atoms with Crippen LogP contribution in [0.25, 0.3) is 11.5 Å². The van der Waals surface area contributed by atoms with Crippen LogP contribution in [0.2, 0.25) is 5.15 Å². The summed E-state index contributed by atoms with van der Waals surface area (Å²) in [7, 11) is 0. The third kappa shape index (κ3) is 5.81. The molecular weight excluding hydrogens is 402 g/mol. The van der Waals surface area contributed by atoms with Crippen molar-refractivity contribution in [1.29, 1.82) is 0 Å². The molecule has 13 heteroatoms. The number of hydrogen-bond acceptors (Lipinski definition) is 6. The molecule has 0 fully saturated rings. The van der Waals surface area contributed by atoms with Crippen LogP contribution in [0.4, 0.5) is 38.2 Å². The predicted octanol–water partition coefficient (Wildman–Crippen LogP) is 4.31. The maximum absolute atomic E-state index is 13.3. The second kappa shape index (κ2) is 7.71. The van der Waals surface area contributed by atoms with E-state index in [-0.39, 0.29) is 5.15 Å². The molecule has 2 aromatic heterocycles. The van der Waals surface area contributed by atoms with Crippen LogP contribution in [0, 0.1) is 0 Å². The fraction of sp³-hybridized carbons (Fsp3) is 0.429. The number of halogens is 7. The first kappa shape index (κ1) is 12.9. The van der Waals surface area contributed by atoms with Crippen LogP contribution in [0.15, 0.2) is 18.2 Å². The zero-order valence-electron chi connectivity index (χ0n) is 19.7. The van der Waals surface area contributed by atoms with Crippen LogP contribution < -0.4 is 10.6 Å². The van der Waals surface area contributed by atoms with Gasteiger partial charge in [0.05, 0.1) is 1.37 Å². The molecule has 2 atom stereocenters. The van der Waals surface area contributed by atoms with Crippen molar-refractivity contribution in [2.45, 2.75) is 38.1 Å². The minimum Gasteiger partial charge on any atom is -0.343 e. The second-order valence-electron chi connectivity index (χ2n) is 4.80. The Morgan fingerprint density at radius 2 is 1.48 bits per heavy atom. The van der Waals surface area contributed by atoms with Gasteiger partial charge in [-0.3, -0.25) is 0 Å². The number of pyridine rings is 1. The lowest BCUT2D eigenvalue weighted by Crippen LogP contribution is -2.35. The zero-order chi connectivity index (χ0) is 26.3. The average Bonchev–Trinajstić information content (AvgIpc) is 2.62. The lowest BCUT2D eigenvalue weighted by molar-refractivity contribution is -0.139. The molecule has 0 amide bonds. The van der Waals surface area contributed by atoms with E-state index in [2.05, 4.69) is 19.9 Å². The van der Waals surface area contributed by atoms with Crippen LogP contribution in [0.1, 0.15) is 23.3 Å². The molecule has 0 aliphatic rings. The quantitative estimate of drug-likeness (QED) is 0.553. The molecule has 0 spiro atoms. The van der Waals surface area contributed by atoms with E-state index in [0.29, 0.717) is 0 Å². The molecule has 0 bridgehead atoms. The highest BCUT2D eigenvalue weighted by molar-refractivity contribution is 6.29. The van der Waals surface area contributed by atoms with Crippen molar-refractivity contribution in [3.8, 4) is 11.5 Å². The molecule has 0 aliphatic heterocycles. The highest BCUT2D eigenvalue weighted by Crippen LogP contribution is 2.26. The highest BCUT2D eigenvalue weighted by atomic mass is 35.5. The molecule has 0 unspecified atom stereocenters. The second-order valence-corrected chi connectivity index (χ2v) is 5.19. The van der Waals surface area contributed by atoms with Gasteiger partial charge in [-0.15, -0.1) is 0 Å². The Bertz CT molecular complexity index is 950. The molecule has 148 valence electrons. The van der Waals surface area contributed by atoms with Gasteiger partial charge in [-0.05, 0) is 25.8 Å². The summed E-state index contributed by atoms with van der Waals surface area (Å²) in [6.45, 7) is -7.39. The third-order valence-corrected chi connectivity index (χ3v) is 2.92. The summed E-state index contributed by atoms with van der Waals surface area (Å²) in [5.74, 6) is -3.15. The van der Waals surface area contributed by atoms with Crippen LogP contribution >= 0.6 is 11.6 Å². The minimum atomic E-state index is -5.38. The van der Waals surface area contributed by atoms with Crippen LogP contribution in [-0.2, 0) is 0 Å². The van der Waals surface area contributed by atoms with Crippen molar-refractivity contribution in [3.63, 3.8) is 0 Å². The summed E-state index contributed by atoms with van der Waals surface area (Å²) in [5.41, 5.74) is -0.518. The van der Waals surface area contributed by atoms with Crippen LogP contribution in [-0.4, -0.2) is 44.4 Å². The topological polar surface area (TPSA) is 75.6 Å². The van der Waals surface area contributed by atoms with Crippen LogP contribution in [0.3, 0.4) is 0 Å². The summed E-state index contributed by atoms with van der Waals surface area (Å²) in [4.78, 5) is 14.0. The first-order valence-corrected chi connectivity index (χ1v) is 7.13. The first-order chi connectivity index (χ1) is 15.2. The summed E-state index contributed by atoms with van der Waals surface area (Å²) in [6, 6.07) is -4.76. The summed E-state index contributed by atoms with van der Waals surface area (Å²) >= 11 is 5.71. The van der Waals surface area contributed by atoms with E-state index >= 15 is 0 Å². The van der Waals surface area contributed by atoms with Gasteiger partial charge >= 0.3 is 12.4 Å². The number of anilines is 2. The first-order valence-electron chi connectivity index (χ1n) is 10.3. The Kier molecular flexibility index (Phi) is 3.69. The van der Waals surface area contributed by atoms with Gasteiger partial charge in [0.15, 0.2) is 5.82 Å². The number of alkyl halides is 6. The van der Waals surface area contributed by atoms with Gasteiger partial charge in [0, 0.05) is 8.22 Å². The Morgan fingerprint density at radius 3 is 1.93 bits per heavy atom. The van der Waals surface area contributed by atoms with Crippen LogP contribution in [0.5, 0.6) is 0 Å². The average molecular weight is 422 g/mol. The maximum Gasteiger partial charge on any atom is 0.408 e. The summed E-state index contributed by atoms with van der Waals surface area (Å²) < 4.78 is 130. The SMILES string of the molecule is [2H]c1ccc(Cl)nc1-c1nc(N[C@H](C([2H])([2H])[2H])C(F)(F)F)nc(N[C@H](C([2H])([2H])[2H])C(F)(F)F)n1. The number of aromatic nitrogens is 4. The molecule has 0 saturated heterocycles. The van der Waals surface area contributed by atoms with E-state index in [4.69, 9.17) is 21.2 Å². The van der Waals surface area contributed by atoms with Crippen molar-refractivity contribution in [2.75, 3.05) is 10.6 Å². The summed E-state index contributed by atoms with van der Waals surface area (Å²) in [5, 5.41) is 2.67. The molecule has 6 nitrogen and oxygen atoms in total. The zero-order valence-corrected chi connectivity index (χ0v) is 13.5. The number of nitrogens with one attached hydrogen (secondary N) is 2. The summed E-state index contributed by atoms with van der Waals surface area (Å²) in [6.07, 6.45) is -10.8. The van der Waals surface area contributed by atoms with E-state index in [9.17, 15) is 26.3 Å². The van der Waals surface area contributed by atoms with Gasteiger partial charge in [-0.2, -0.15) is 41.3 Å². The van der Waals surface area contributed by atoms with Gasteiger partial charge < -0.3 is 10.6 Å². The molecule has 0 saturated carbocycles. The van der Waals surface area contributed by atoms with Gasteiger partial charge in [-0.25, -0.2) is 4.98 Å². The monoisotopic (exact) mass is 421 g/mol. The Hall–Kier alpha value is -2.37. The molecule has 0 aliphatic carbocycles. The molecule has 27 heavy (non-hydrogen) atoms. The van der Waals surface area contributed by atoms with Crippen molar-refractivity contribution in [3.05, 3.63) is 23.3 Å². The largest absolute Gasteiger partial charge is 0.408 e. The van der Waals surface area contributed by atoms with E-state index in [1.807, 2.05) is 0 Å². The van der Waals surface area contributed by atoms with Gasteiger partial charge in [0.1, 0.15) is 22.9 Å². The number of hydrogen-bond donors (Lipinski definition) is 2. The van der Waals surface area contributed by atoms with E-state index in [1.54, 1.807) is 0 Å². The molecular formula is C14H13ClF6N6. The van der Waals surface area contributed by atoms with E-state index in [1.165, 1.54) is 10.6 Å². The van der Waals surface area contributed by atoms with Gasteiger partial charge in [0.2, 0.25) is 11.9 Å². The smallest absolute Gasteiger partial charge is 0.343 e. The van der Waals surface area contributed by atoms with Gasteiger partial charge in [-0.1, -0.05) is 17.7 Å². The minimum absolute atomic E-state index is 0.248. The fourth-order valence-electron chi connectivity index (χ4n) is 1.51. The van der Waals surface area contributed by atoms with Gasteiger partial charge in [0.25, 0.3) is 0 Å². The molecule has 2 rings (SSSR count). The predicted molar refractivity (Wildman–Crippen MR) is 86.3 cm³/mol. The maximum atomic E-state index is 13.3. The Balaban J connectivity index is 2.68. The number of nitrogens with zero attached hydrogens (tertiary/aromatic N) is 4. The number of rotatable bonds is 5. The Morgan fingerprint density at radius 1 is 0.963 bits per heavy atom. The van der Waals surface area contributed by atoms with Crippen molar-refractivity contribution >= 4 is 23.5 Å². The Labute approximate surface area is 164 Å². The molecule has 0 radical (unpaired) electrons. The standard InChI is InChI=1S/C14H13ClF6N6/c1-6(13(16,17)18)22-11-25-10(8-4-3-5-9(15)24-8)26-12(27-11)23-7(2)14(19,20)21/h3-7H,1-2H3,(H2,22,23,25,26,27)/t6-,7-/m1/s1/i1D3,2D3,4D. The normalized spacial score (nSPS) is 19.3. The molecule has 2 aromatic rings. The molecule has 0 aromatic carbocycles. The molecule has 2 heterocycles. The highest BCUT2D eigenvalue weighted by Gasteiger charge is 2.38. The van der Waals surface area contributed by atoms with E-state index in [0.717, 1.165) is 12.1 Å². The molecule has 2 N–H and O–H groups in total. The van der Waals surface area contributed by atoms with Crippen molar-refractivity contribution in [1.82, 2.24) is 19.9 Å². The lowest BCUT2D eigenvalue weighted by Gasteiger charge is -2.20. The third-order valence-electron chi connectivity index (χ3n) is 2.71. The van der Waals surface area contributed by atoms with E-state index < -0.39 is 67.6 Å². The lowest BCUT2D eigenvalue weighted by atomic mass is 10.3. The fourth-order valence-corrected chi connectivity index (χ4v) is 1.66.